The van der Waals surface area contributed by atoms with Gasteiger partial charge in [-0.1, -0.05) is 0 Å². The monoisotopic (exact) mass is 295 g/mol. The van der Waals surface area contributed by atoms with Crippen molar-refractivity contribution < 1.29 is 22.7 Å². The Morgan fingerprint density at radius 1 is 1.20 bits per heavy atom. The van der Waals surface area contributed by atoms with Crippen LogP contribution < -0.4 is 0 Å². The van der Waals surface area contributed by atoms with Crippen LogP contribution in [-0.2, 0) is 15.6 Å². The summed E-state index contributed by atoms with van der Waals surface area (Å²) in [5.41, 5.74) is -0.151. The molecule has 0 amide bonds. The highest BCUT2D eigenvalue weighted by Gasteiger charge is 2.19. The van der Waals surface area contributed by atoms with Crippen LogP contribution in [0.2, 0.25) is 0 Å². The Hall–Kier alpha value is -2.28. The van der Waals surface area contributed by atoms with Gasteiger partial charge in [-0.05, 0) is 35.9 Å². The van der Waals surface area contributed by atoms with Gasteiger partial charge < -0.3 is 5.11 Å². The molecule has 2 rings (SSSR count). The van der Waals surface area contributed by atoms with Gasteiger partial charge in [0.05, 0.1) is 16.2 Å². The zero-order chi connectivity index (χ0) is 14.8. The second kappa shape index (κ2) is 5.38. The van der Waals surface area contributed by atoms with Crippen LogP contribution in [0, 0.1) is 5.82 Å². The summed E-state index contributed by atoms with van der Waals surface area (Å²) in [4.78, 5) is 14.4. The molecule has 0 radical (unpaired) electrons. The number of rotatable bonds is 4. The summed E-state index contributed by atoms with van der Waals surface area (Å²) in [6.07, 6.45) is 2.91. The first-order valence-electron chi connectivity index (χ1n) is 5.54. The van der Waals surface area contributed by atoms with E-state index in [2.05, 4.69) is 4.98 Å². The number of carbonyl (C=O) groups is 1. The Kier molecular flexibility index (Phi) is 3.80. The van der Waals surface area contributed by atoms with Gasteiger partial charge in [0.1, 0.15) is 5.82 Å². The molecule has 104 valence electrons. The molecule has 0 spiro atoms. The molecule has 0 bridgehead atoms. The second-order valence-corrected chi connectivity index (χ2v) is 6.05. The zero-order valence-electron chi connectivity index (χ0n) is 10.2. The van der Waals surface area contributed by atoms with Crippen molar-refractivity contribution in [2.24, 2.45) is 0 Å². The predicted octanol–water partition coefficient (Wildman–Crippen LogP) is 1.89. The van der Waals surface area contributed by atoms with Gasteiger partial charge in [-0.3, -0.25) is 4.98 Å². The lowest BCUT2D eigenvalue weighted by molar-refractivity contribution is 0.0691. The van der Waals surface area contributed by atoms with Gasteiger partial charge in [0.2, 0.25) is 0 Å². The molecule has 1 N–H and O–H groups in total. The summed E-state index contributed by atoms with van der Waals surface area (Å²) in [7, 11) is -3.74. The van der Waals surface area contributed by atoms with Gasteiger partial charge in [-0.15, -0.1) is 0 Å². The fraction of sp³-hybridized carbons (Fsp3) is 0.0769. The van der Waals surface area contributed by atoms with E-state index in [1.54, 1.807) is 12.1 Å². The largest absolute Gasteiger partial charge is 0.478 e. The number of halogens is 1. The van der Waals surface area contributed by atoms with E-state index in [1.807, 2.05) is 0 Å². The van der Waals surface area contributed by atoms with E-state index in [-0.39, 0.29) is 10.6 Å². The molecular weight excluding hydrogens is 285 g/mol. The van der Waals surface area contributed by atoms with Crippen molar-refractivity contribution in [2.45, 2.75) is 10.6 Å². The quantitative estimate of drug-likeness (QED) is 0.871. The maximum atomic E-state index is 13.3. The van der Waals surface area contributed by atoms with E-state index >= 15 is 0 Å². The van der Waals surface area contributed by atoms with Gasteiger partial charge in [0.25, 0.3) is 0 Å². The zero-order valence-corrected chi connectivity index (χ0v) is 11.0. The van der Waals surface area contributed by atoms with Crippen molar-refractivity contribution >= 4 is 15.8 Å². The number of sulfone groups is 1. The minimum atomic E-state index is -3.74. The molecule has 0 saturated heterocycles. The van der Waals surface area contributed by atoms with Gasteiger partial charge in [-0.2, -0.15) is 0 Å². The van der Waals surface area contributed by atoms with Crippen LogP contribution in [0.1, 0.15) is 15.9 Å². The molecule has 0 unspecified atom stereocenters. The number of pyridine rings is 1. The van der Waals surface area contributed by atoms with E-state index in [9.17, 15) is 17.6 Å². The van der Waals surface area contributed by atoms with Crippen LogP contribution in [-0.4, -0.2) is 24.5 Å². The van der Waals surface area contributed by atoms with Crippen LogP contribution >= 0.6 is 0 Å². The van der Waals surface area contributed by atoms with Crippen LogP contribution in [0.4, 0.5) is 4.39 Å². The van der Waals surface area contributed by atoms with Crippen molar-refractivity contribution in [3.63, 3.8) is 0 Å². The second-order valence-electron chi connectivity index (χ2n) is 4.06. The first kappa shape index (κ1) is 14.1. The lowest BCUT2D eigenvalue weighted by Crippen LogP contribution is -2.08. The Labute approximate surface area is 114 Å². The third-order valence-electron chi connectivity index (χ3n) is 2.63. The minimum Gasteiger partial charge on any atom is -0.478 e. The maximum absolute atomic E-state index is 13.3. The maximum Gasteiger partial charge on any atom is 0.338 e. The van der Waals surface area contributed by atoms with E-state index in [1.165, 1.54) is 12.4 Å². The highest BCUT2D eigenvalue weighted by molar-refractivity contribution is 7.90. The van der Waals surface area contributed by atoms with Gasteiger partial charge >= 0.3 is 5.97 Å². The Bertz CT molecular complexity index is 744. The first-order chi connectivity index (χ1) is 9.40. The average Bonchev–Trinajstić information content (AvgIpc) is 2.39. The Balaban J connectivity index is 2.40. The molecule has 5 nitrogen and oxygen atoms in total. The van der Waals surface area contributed by atoms with Crippen molar-refractivity contribution in [1.82, 2.24) is 4.98 Å². The molecule has 0 aliphatic heterocycles. The number of hydrogen-bond donors (Lipinski definition) is 1. The lowest BCUT2D eigenvalue weighted by Gasteiger charge is -2.06. The summed E-state index contributed by atoms with van der Waals surface area (Å²) in [6.45, 7) is 0. The number of carboxylic acid groups (broad SMARTS) is 1. The summed E-state index contributed by atoms with van der Waals surface area (Å²) in [6, 6.07) is 5.80. The molecule has 20 heavy (non-hydrogen) atoms. The smallest absolute Gasteiger partial charge is 0.338 e. The molecule has 1 heterocycles. The lowest BCUT2D eigenvalue weighted by atomic mass is 10.2. The molecule has 1 aromatic carbocycles. The fourth-order valence-corrected chi connectivity index (χ4v) is 3.01. The third kappa shape index (κ3) is 3.00. The van der Waals surface area contributed by atoms with Crippen LogP contribution in [0.3, 0.4) is 0 Å². The molecule has 7 heteroatoms. The molecule has 0 aliphatic rings. The predicted molar refractivity (Wildman–Crippen MR) is 68.5 cm³/mol. The number of hydrogen-bond acceptors (Lipinski definition) is 4. The topological polar surface area (TPSA) is 84.3 Å². The molecule has 0 atom stereocenters. The number of carboxylic acids is 1. The first-order valence-corrected chi connectivity index (χ1v) is 7.20. The molecule has 0 aliphatic carbocycles. The normalized spacial score (nSPS) is 11.2. The van der Waals surface area contributed by atoms with Crippen molar-refractivity contribution in [3.8, 4) is 0 Å². The molecular formula is C13H10FNO4S. The number of aromatic nitrogens is 1. The molecule has 1 aromatic heterocycles. The highest BCUT2D eigenvalue weighted by atomic mass is 32.2. The summed E-state index contributed by atoms with van der Waals surface area (Å²) < 4.78 is 37.6. The third-order valence-corrected chi connectivity index (χ3v) is 4.32. The Morgan fingerprint density at radius 3 is 2.45 bits per heavy atom. The van der Waals surface area contributed by atoms with Crippen molar-refractivity contribution in [2.75, 3.05) is 0 Å². The van der Waals surface area contributed by atoms with Crippen molar-refractivity contribution in [3.05, 3.63) is 59.7 Å². The van der Waals surface area contributed by atoms with Gasteiger partial charge in [-0.25, -0.2) is 17.6 Å². The number of benzene rings is 1. The summed E-state index contributed by atoms with van der Waals surface area (Å²) in [5.74, 6) is -2.79. The van der Waals surface area contributed by atoms with Crippen LogP contribution in [0.5, 0.6) is 0 Å². The van der Waals surface area contributed by atoms with E-state index in [0.717, 1.165) is 18.2 Å². The van der Waals surface area contributed by atoms with E-state index < -0.39 is 27.2 Å². The van der Waals surface area contributed by atoms with E-state index in [4.69, 9.17) is 5.11 Å². The Morgan fingerprint density at radius 2 is 1.85 bits per heavy atom. The number of aromatic carboxylic acids is 1. The van der Waals surface area contributed by atoms with Crippen molar-refractivity contribution in [1.29, 1.82) is 0 Å². The van der Waals surface area contributed by atoms with Gasteiger partial charge in [0, 0.05) is 12.4 Å². The van der Waals surface area contributed by atoms with Crippen LogP contribution in [0.25, 0.3) is 0 Å². The SMILES string of the molecule is O=C(O)c1cc(S(=O)(=O)Cc2ccncc2)ccc1F. The standard InChI is InChI=1S/C13H10FNO4S/c14-12-2-1-10(7-11(12)13(16)17)20(18,19)8-9-3-5-15-6-4-9/h1-7H,8H2,(H,16,17). The van der Waals surface area contributed by atoms with E-state index in [0.29, 0.717) is 5.56 Å². The number of nitrogens with zero attached hydrogens (tertiary/aromatic N) is 1. The summed E-state index contributed by atoms with van der Waals surface area (Å²) >= 11 is 0. The molecule has 0 saturated carbocycles. The molecule has 2 aromatic rings. The van der Waals surface area contributed by atoms with Gasteiger partial charge in [0.15, 0.2) is 9.84 Å². The molecule has 0 fully saturated rings. The fourth-order valence-electron chi connectivity index (χ4n) is 1.64. The highest BCUT2D eigenvalue weighted by Crippen LogP contribution is 2.19. The minimum absolute atomic E-state index is 0.229. The summed E-state index contributed by atoms with van der Waals surface area (Å²) in [5, 5.41) is 8.80. The van der Waals surface area contributed by atoms with Crippen LogP contribution in [0.15, 0.2) is 47.6 Å². The average molecular weight is 295 g/mol.